The van der Waals surface area contributed by atoms with Gasteiger partial charge in [0.2, 0.25) is 0 Å². The minimum absolute atomic E-state index is 0.938. The minimum atomic E-state index is 0.938. The Morgan fingerprint density at radius 2 is 1.48 bits per heavy atom. The average Bonchev–Trinajstić information content (AvgIpc) is 3.56. The number of imidazole rings is 1. The Morgan fingerprint density at radius 1 is 0.760 bits per heavy atom. The van der Waals surface area contributed by atoms with Crippen LogP contribution in [0.2, 0.25) is 0 Å². The van der Waals surface area contributed by atoms with E-state index in [0.717, 1.165) is 46.2 Å². The summed E-state index contributed by atoms with van der Waals surface area (Å²) in [4.78, 5) is 5.06. The molecule has 0 radical (unpaired) electrons. The molecule has 1 heterocycles. The highest BCUT2D eigenvalue weighted by atomic mass is 15.1. The fraction of sp³-hybridized carbons (Fsp3) is 0.104. The molecule has 242 valence electrons. The Morgan fingerprint density at radius 3 is 2.26 bits per heavy atom. The zero-order valence-corrected chi connectivity index (χ0v) is 28.9. The van der Waals surface area contributed by atoms with E-state index in [0.29, 0.717) is 0 Å². The predicted molar refractivity (Wildman–Crippen MR) is 214 cm³/mol. The first kappa shape index (κ1) is 31.3. The van der Waals surface area contributed by atoms with E-state index in [1.807, 2.05) is 13.0 Å². The SMILES string of the molecule is C=c1/c(=C(/c2ccc(-c3ccc(-c4nc5ccccc5n4C(/C=C\C)=C/C)cc3)cc2)c2ccc3c(c2C)C=CCC3)ccc2ccccc12. The fourth-order valence-corrected chi connectivity index (χ4v) is 7.56. The average molecular weight is 645 g/mol. The van der Waals surface area contributed by atoms with E-state index in [1.54, 1.807) is 0 Å². The second kappa shape index (κ2) is 13.1. The van der Waals surface area contributed by atoms with Crippen LogP contribution in [0.4, 0.5) is 0 Å². The fourth-order valence-electron chi connectivity index (χ4n) is 7.56. The first-order valence-corrected chi connectivity index (χ1v) is 17.5. The molecule has 1 aliphatic rings. The maximum atomic E-state index is 5.06. The van der Waals surface area contributed by atoms with Crippen LogP contribution < -0.4 is 10.4 Å². The standard InChI is InChI=1S/C48H40N2/c1-5-13-40(6-2)50-46-19-12-11-18-45(46)49-48(50)39-26-22-35(23-27-39)34-20-24-38(25-21-34)47(43-30-28-36-14-7-9-16-41(36)32(43)3)44-31-29-37-15-8-10-17-42(37)33(44)4/h5-7,9-14,16-31H,3,8,15H2,1-2,4H3/b13-5-,40-6+,47-43-. The predicted octanol–water partition coefficient (Wildman–Crippen LogP) is 10.9. The molecule has 1 aromatic heterocycles. The molecule has 2 heteroatoms. The third kappa shape index (κ3) is 5.44. The van der Waals surface area contributed by atoms with Gasteiger partial charge < -0.3 is 0 Å². The molecule has 0 spiro atoms. The van der Waals surface area contributed by atoms with Crippen LogP contribution >= 0.6 is 0 Å². The summed E-state index contributed by atoms with van der Waals surface area (Å²) in [6.07, 6.45) is 13.2. The maximum absolute atomic E-state index is 5.06. The Labute approximate surface area is 294 Å². The van der Waals surface area contributed by atoms with Gasteiger partial charge in [-0.15, -0.1) is 0 Å². The summed E-state index contributed by atoms with van der Waals surface area (Å²) < 4.78 is 2.25. The van der Waals surface area contributed by atoms with Gasteiger partial charge in [-0.3, -0.25) is 4.57 Å². The lowest BCUT2D eigenvalue weighted by molar-refractivity contribution is 0.980. The molecule has 2 nitrogen and oxygen atoms in total. The number of aryl methyl sites for hydroxylation is 1. The van der Waals surface area contributed by atoms with Crippen molar-refractivity contribution in [1.82, 2.24) is 9.55 Å². The molecular weight excluding hydrogens is 605 g/mol. The third-order valence-electron chi connectivity index (χ3n) is 10.2. The van der Waals surface area contributed by atoms with E-state index in [1.165, 1.54) is 60.5 Å². The molecule has 1 aliphatic carbocycles. The maximum Gasteiger partial charge on any atom is 0.145 e. The van der Waals surface area contributed by atoms with Crippen molar-refractivity contribution in [2.45, 2.75) is 33.6 Å². The summed E-state index contributed by atoms with van der Waals surface area (Å²) in [5, 5.41) is 4.64. The first-order chi connectivity index (χ1) is 24.6. The van der Waals surface area contributed by atoms with Crippen molar-refractivity contribution in [2.24, 2.45) is 0 Å². The van der Waals surface area contributed by atoms with E-state index in [9.17, 15) is 0 Å². The number of para-hydroxylation sites is 2. The lowest BCUT2D eigenvalue weighted by Crippen LogP contribution is -2.27. The molecule has 0 bridgehead atoms. The van der Waals surface area contributed by atoms with Crippen molar-refractivity contribution in [1.29, 1.82) is 0 Å². The van der Waals surface area contributed by atoms with Crippen LogP contribution in [0.15, 0.2) is 146 Å². The number of fused-ring (bicyclic) bond motifs is 3. The normalized spacial score (nSPS) is 13.7. The number of nitrogens with zero attached hydrogens (tertiary/aromatic N) is 2. The highest BCUT2D eigenvalue weighted by Crippen LogP contribution is 2.34. The highest BCUT2D eigenvalue weighted by Gasteiger charge is 2.17. The van der Waals surface area contributed by atoms with Crippen molar-refractivity contribution >= 4 is 45.7 Å². The molecule has 0 N–H and O–H groups in total. The molecule has 6 aromatic carbocycles. The molecule has 50 heavy (non-hydrogen) atoms. The van der Waals surface area contributed by atoms with E-state index in [-0.39, 0.29) is 0 Å². The molecule has 7 aromatic rings. The summed E-state index contributed by atoms with van der Waals surface area (Å²) in [7, 11) is 0. The van der Waals surface area contributed by atoms with Gasteiger partial charge in [-0.2, -0.15) is 0 Å². The van der Waals surface area contributed by atoms with Crippen molar-refractivity contribution in [3.8, 4) is 22.5 Å². The molecule has 8 rings (SSSR count). The second-order valence-corrected chi connectivity index (χ2v) is 13.1. The van der Waals surface area contributed by atoms with Gasteiger partial charge in [-0.05, 0) is 118 Å². The van der Waals surface area contributed by atoms with Gasteiger partial charge in [-0.1, -0.05) is 140 Å². The number of hydrogen-bond donors (Lipinski definition) is 0. The highest BCUT2D eigenvalue weighted by molar-refractivity contribution is 5.89. The number of aromatic nitrogens is 2. The van der Waals surface area contributed by atoms with Crippen LogP contribution in [0.1, 0.15) is 48.1 Å². The Balaban J connectivity index is 1.22. The molecule has 0 atom stereocenters. The smallest absolute Gasteiger partial charge is 0.145 e. The molecule has 0 amide bonds. The zero-order valence-electron chi connectivity index (χ0n) is 28.9. The summed E-state index contributed by atoms with van der Waals surface area (Å²) in [5.41, 5.74) is 14.4. The summed E-state index contributed by atoms with van der Waals surface area (Å²) in [6, 6.07) is 43.9. The summed E-state index contributed by atoms with van der Waals surface area (Å²) in [5.74, 6) is 0.938. The Kier molecular flexibility index (Phi) is 8.22. The minimum Gasteiger partial charge on any atom is -0.293 e. The number of rotatable bonds is 6. The van der Waals surface area contributed by atoms with Gasteiger partial charge in [-0.25, -0.2) is 4.98 Å². The van der Waals surface area contributed by atoms with E-state index >= 15 is 0 Å². The monoisotopic (exact) mass is 644 g/mol. The van der Waals surface area contributed by atoms with Crippen molar-refractivity contribution in [3.63, 3.8) is 0 Å². The van der Waals surface area contributed by atoms with Crippen LogP contribution in [-0.4, -0.2) is 9.55 Å². The van der Waals surface area contributed by atoms with Crippen LogP contribution in [0.3, 0.4) is 0 Å². The topological polar surface area (TPSA) is 17.8 Å². The summed E-state index contributed by atoms with van der Waals surface area (Å²) in [6.45, 7) is 11.0. The molecule has 0 unspecified atom stereocenters. The Hall–Kier alpha value is -5.99. The van der Waals surface area contributed by atoms with Crippen molar-refractivity contribution in [2.75, 3.05) is 0 Å². The number of hydrogen-bond acceptors (Lipinski definition) is 1. The number of benzene rings is 6. The second-order valence-electron chi connectivity index (χ2n) is 13.1. The third-order valence-corrected chi connectivity index (χ3v) is 10.2. The lowest BCUT2D eigenvalue weighted by atomic mass is 9.85. The van der Waals surface area contributed by atoms with Gasteiger partial charge in [0.1, 0.15) is 5.82 Å². The van der Waals surface area contributed by atoms with E-state index in [4.69, 9.17) is 4.98 Å². The zero-order chi connectivity index (χ0) is 34.2. The quantitative estimate of drug-likeness (QED) is 0.165. The van der Waals surface area contributed by atoms with Crippen molar-refractivity contribution < 1.29 is 0 Å². The molecule has 0 saturated heterocycles. The van der Waals surface area contributed by atoms with E-state index in [2.05, 4.69) is 171 Å². The molecule has 0 aliphatic heterocycles. The van der Waals surface area contributed by atoms with Crippen LogP contribution in [-0.2, 0) is 6.42 Å². The summed E-state index contributed by atoms with van der Waals surface area (Å²) >= 11 is 0. The van der Waals surface area contributed by atoms with Crippen LogP contribution in [0.5, 0.6) is 0 Å². The van der Waals surface area contributed by atoms with Gasteiger partial charge in [0, 0.05) is 11.3 Å². The molecular formula is C48H40N2. The van der Waals surface area contributed by atoms with E-state index < -0.39 is 0 Å². The largest absolute Gasteiger partial charge is 0.293 e. The lowest BCUT2D eigenvalue weighted by Gasteiger charge is -2.19. The molecule has 0 saturated carbocycles. The van der Waals surface area contributed by atoms with Gasteiger partial charge in [0.25, 0.3) is 0 Å². The van der Waals surface area contributed by atoms with Crippen LogP contribution in [0.25, 0.3) is 68.2 Å². The van der Waals surface area contributed by atoms with Gasteiger partial charge in [0.15, 0.2) is 0 Å². The first-order valence-electron chi connectivity index (χ1n) is 17.5. The van der Waals surface area contributed by atoms with Crippen molar-refractivity contribution in [3.05, 3.63) is 184 Å². The molecule has 0 fully saturated rings. The Bertz CT molecular complexity index is 2610. The van der Waals surface area contributed by atoms with Gasteiger partial charge >= 0.3 is 0 Å². The van der Waals surface area contributed by atoms with Crippen LogP contribution in [0, 0.1) is 6.92 Å². The van der Waals surface area contributed by atoms with Gasteiger partial charge in [0.05, 0.1) is 11.0 Å². The number of allylic oxidation sites excluding steroid dienone is 5.